The van der Waals surface area contributed by atoms with Crippen molar-refractivity contribution in [2.75, 3.05) is 31.6 Å². The molecule has 1 aliphatic rings. The molecule has 1 aliphatic heterocycles. The third-order valence-corrected chi connectivity index (χ3v) is 4.46. The fraction of sp³-hybridized carbons (Fsp3) is 0.588. The second-order valence-electron chi connectivity index (χ2n) is 6.04. The van der Waals surface area contributed by atoms with Crippen LogP contribution in [0.4, 0.5) is 5.69 Å². The molecule has 8 heteroatoms. The van der Waals surface area contributed by atoms with E-state index in [1.807, 2.05) is 10.9 Å². The molecule has 3 rings (SSSR count). The van der Waals surface area contributed by atoms with E-state index in [1.54, 1.807) is 6.20 Å². The van der Waals surface area contributed by atoms with Gasteiger partial charge in [0.2, 0.25) is 0 Å². The smallest absolute Gasteiger partial charge is 0.278 e. The van der Waals surface area contributed by atoms with Crippen LogP contribution in [0.5, 0.6) is 0 Å². The van der Waals surface area contributed by atoms with E-state index in [-0.39, 0.29) is 17.7 Å². The molecule has 2 aromatic rings. The van der Waals surface area contributed by atoms with Gasteiger partial charge in [-0.3, -0.25) is 9.48 Å². The van der Waals surface area contributed by atoms with Gasteiger partial charge in [-0.2, -0.15) is 5.10 Å². The second kappa shape index (κ2) is 8.26. The Hall–Kier alpha value is -2.19. The van der Waals surface area contributed by atoms with Crippen LogP contribution in [0.15, 0.2) is 23.2 Å². The number of ether oxygens (including phenoxy) is 1. The third-order valence-electron chi connectivity index (χ3n) is 4.46. The Kier molecular flexibility index (Phi) is 5.83. The maximum Gasteiger partial charge on any atom is 0.278 e. The van der Waals surface area contributed by atoms with Gasteiger partial charge in [0.05, 0.1) is 18.4 Å². The van der Waals surface area contributed by atoms with E-state index in [0.29, 0.717) is 18.1 Å². The Morgan fingerprint density at radius 3 is 3.00 bits per heavy atom. The molecule has 25 heavy (non-hydrogen) atoms. The third kappa shape index (κ3) is 4.26. The molecule has 0 aromatic carbocycles. The highest BCUT2D eigenvalue weighted by Crippen LogP contribution is 2.30. The number of anilines is 1. The number of aromatic nitrogens is 3. The van der Waals surface area contributed by atoms with Gasteiger partial charge in [0.15, 0.2) is 17.8 Å². The predicted octanol–water partition coefficient (Wildman–Crippen LogP) is 2.32. The van der Waals surface area contributed by atoms with Gasteiger partial charge in [-0.05, 0) is 25.9 Å². The van der Waals surface area contributed by atoms with Crippen molar-refractivity contribution in [3.05, 3.63) is 30.2 Å². The SMILES string of the molecule is CCN(CC)CCn1cc(NC(=O)c2ncoc2C2CCCO2)cn1. The molecule has 2 aromatic heterocycles. The van der Waals surface area contributed by atoms with E-state index in [4.69, 9.17) is 9.15 Å². The van der Waals surface area contributed by atoms with Gasteiger partial charge in [-0.25, -0.2) is 4.98 Å². The lowest BCUT2D eigenvalue weighted by atomic mass is 10.1. The van der Waals surface area contributed by atoms with E-state index in [9.17, 15) is 4.79 Å². The second-order valence-corrected chi connectivity index (χ2v) is 6.04. The van der Waals surface area contributed by atoms with Gasteiger partial charge in [0.1, 0.15) is 6.10 Å². The van der Waals surface area contributed by atoms with Crippen LogP contribution in [-0.4, -0.2) is 51.8 Å². The lowest BCUT2D eigenvalue weighted by molar-refractivity contribution is 0.0889. The number of carbonyl (C=O) groups is 1. The topological polar surface area (TPSA) is 85.4 Å². The van der Waals surface area contributed by atoms with Gasteiger partial charge >= 0.3 is 0 Å². The van der Waals surface area contributed by atoms with E-state index in [1.165, 1.54) is 6.39 Å². The summed E-state index contributed by atoms with van der Waals surface area (Å²) in [4.78, 5) is 18.9. The molecule has 1 atom stereocenters. The van der Waals surface area contributed by atoms with Crippen molar-refractivity contribution in [3.8, 4) is 0 Å². The van der Waals surface area contributed by atoms with Crippen molar-refractivity contribution >= 4 is 11.6 Å². The van der Waals surface area contributed by atoms with Crippen molar-refractivity contribution in [3.63, 3.8) is 0 Å². The molecule has 1 N–H and O–H groups in total. The quantitative estimate of drug-likeness (QED) is 0.789. The Balaban J connectivity index is 1.59. The fourth-order valence-electron chi connectivity index (χ4n) is 2.96. The van der Waals surface area contributed by atoms with Crippen LogP contribution < -0.4 is 5.32 Å². The summed E-state index contributed by atoms with van der Waals surface area (Å²) in [5.41, 5.74) is 0.925. The molecule has 0 radical (unpaired) electrons. The molecule has 1 unspecified atom stereocenters. The standard InChI is InChI=1S/C17H25N5O3/c1-3-21(4-2)7-8-22-11-13(10-19-22)20-17(23)15-16(25-12-18-15)14-6-5-9-24-14/h10-12,14H,3-9H2,1-2H3,(H,20,23). The minimum atomic E-state index is -0.303. The zero-order chi connectivity index (χ0) is 17.6. The predicted molar refractivity (Wildman–Crippen MR) is 92.4 cm³/mol. The molecule has 0 aliphatic carbocycles. The average molecular weight is 347 g/mol. The summed E-state index contributed by atoms with van der Waals surface area (Å²) in [7, 11) is 0. The van der Waals surface area contributed by atoms with Gasteiger partial charge in [-0.15, -0.1) is 0 Å². The highest BCUT2D eigenvalue weighted by Gasteiger charge is 2.28. The molecule has 0 bridgehead atoms. The summed E-state index contributed by atoms with van der Waals surface area (Å²) in [6.07, 6.45) is 6.39. The number of likely N-dealkylation sites (N-methyl/N-ethyl adjacent to an activating group) is 1. The minimum absolute atomic E-state index is 0.181. The molecular weight excluding hydrogens is 322 g/mol. The number of carbonyl (C=O) groups excluding carboxylic acids is 1. The van der Waals surface area contributed by atoms with Gasteiger partial charge < -0.3 is 19.4 Å². The molecule has 0 spiro atoms. The van der Waals surface area contributed by atoms with Crippen molar-refractivity contribution < 1.29 is 13.9 Å². The van der Waals surface area contributed by atoms with Crippen molar-refractivity contribution in [2.45, 2.75) is 39.3 Å². The first-order valence-corrected chi connectivity index (χ1v) is 8.82. The molecule has 3 heterocycles. The summed E-state index contributed by atoms with van der Waals surface area (Å²) in [6.45, 7) is 8.70. The Morgan fingerprint density at radius 2 is 2.28 bits per heavy atom. The highest BCUT2D eigenvalue weighted by molar-refractivity contribution is 6.03. The maximum absolute atomic E-state index is 12.5. The number of oxazole rings is 1. The molecule has 1 saturated heterocycles. The lowest BCUT2D eigenvalue weighted by Gasteiger charge is -2.17. The number of rotatable bonds is 8. The van der Waals surface area contributed by atoms with Gasteiger partial charge in [-0.1, -0.05) is 13.8 Å². The van der Waals surface area contributed by atoms with E-state index >= 15 is 0 Å². The maximum atomic E-state index is 12.5. The Morgan fingerprint density at radius 1 is 1.44 bits per heavy atom. The monoisotopic (exact) mass is 347 g/mol. The first-order chi connectivity index (χ1) is 12.2. The van der Waals surface area contributed by atoms with E-state index < -0.39 is 0 Å². The average Bonchev–Trinajstić information content (AvgIpc) is 3.36. The first kappa shape index (κ1) is 17.6. The normalized spacial score (nSPS) is 17.3. The van der Waals surface area contributed by atoms with Crippen LogP contribution in [0.3, 0.4) is 0 Å². The minimum Gasteiger partial charge on any atom is -0.445 e. The number of nitrogens with zero attached hydrogens (tertiary/aromatic N) is 4. The van der Waals surface area contributed by atoms with Crippen molar-refractivity contribution in [1.82, 2.24) is 19.7 Å². The van der Waals surface area contributed by atoms with Gasteiger partial charge in [0.25, 0.3) is 5.91 Å². The van der Waals surface area contributed by atoms with E-state index in [2.05, 4.69) is 34.1 Å². The van der Waals surface area contributed by atoms with Crippen LogP contribution in [0.1, 0.15) is 49.0 Å². The summed E-state index contributed by atoms with van der Waals surface area (Å²) >= 11 is 0. The number of amides is 1. The molecule has 136 valence electrons. The van der Waals surface area contributed by atoms with Crippen molar-refractivity contribution in [1.29, 1.82) is 0 Å². The summed E-state index contributed by atoms with van der Waals surface area (Å²) in [6, 6.07) is 0. The number of nitrogens with one attached hydrogen (secondary N) is 1. The number of hydrogen-bond acceptors (Lipinski definition) is 6. The van der Waals surface area contributed by atoms with Crippen LogP contribution in [-0.2, 0) is 11.3 Å². The molecule has 1 amide bonds. The highest BCUT2D eigenvalue weighted by atomic mass is 16.5. The summed E-state index contributed by atoms with van der Waals surface area (Å²) in [5.74, 6) is 0.200. The van der Waals surface area contributed by atoms with Gasteiger partial charge in [0, 0.05) is 19.3 Å². The largest absolute Gasteiger partial charge is 0.445 e. The molecule has 8 nitrogen and oxygen atoms in total. The van der Waals surface area contributed by atoms with E-state index in [0.717, 1.165) is 39.0 Å². The molecular formula is C17H25N5O3. The number of hydrogen-bond donors (Lipinski definition) is 1. The van der Waals surface area contributed by atoms with Crippen LogP contribution >= 0.6 is 0 Å². The zero-order valence-electron chi connectivity index (χ0n) is 14.8. The van der Waals surface area contributed by atoms with Crippen molar-refractivity contribution in [2.24, 2.45) is 0 Å². The first-order valence-electron chi connectivity index (χ1n) is 8.82. The van der Waals surface area contributed by atoms with Crippen LogP contribution in [0.25, 0.3) is 0 Å². The summed E-state index contributed by atoms with van der Waals surface area (Å²) < 4.78 is 12.8. The van der Waals surface area contributed by atoms with Crippen LogP contribution in [0, 0.1) is 0 Å². The Labute approximate surface area is 147 Å². The Bertz CT molecular complexity index is 686. The zero-order valence-corrected chi connectivity index (χ0v) is 14.8. The molecule has 0 saturated carbocycles. The summed E-state index contributed by atoms with van der Waals surface area (Å²) in [5, 5.41) is 7.13. The van der Waals surface area contributed by atoms with Crippen LogP contribution in [0.2, 0.25) is 0 Å². The molecule has 1 fully saturated rings. The lowest BCUT2D eigenvalue weighted by Crippen LogP contribution is -2.27. The fourth-order valence-corrected chi connectivity index (χ4v) is 2.96.